The fourth-order valence-corrected chi connectivity index (χ4v) is 3.25. The predicted molar refractivity (Wildman–Crippen MR) is 69.2 cm³/mol. The molecule has 90 valence electrons. The molecule has 0 radical (unpaired) electrons. The maximum Gasteiger partial charge on any atom is -0.0297 e. The first kappa shape index (κ1) is 13.1. The van der Waals surface area contributed by atoms with Crippen LogP contribution in [-0.4, -0.2) is 0 Å². The average molecular weight is 210 g/mol. The lowest BCUT2D eigenvalue weighted by molar-refractivity contribution is 0.231. The molecule has 0 amide bonds. The second-order valence-corrected chi connectivity index (χ2v) is 5.62. The smallest absolute Gasteiger partial charge is 0.0297 e. The lowest BCUT2D eigenvalue weighted by Gasteiger charge is -2.29. The van der Waals surface area contributed by atoms with E-state index in [0.717, 1.165) is 5.41 Å². The van der Waals surface area contributed by atoms with E-state index in [4.69, 9.17) is 0 Å². The molecule has 0 bridgehead atoms. The van der Waals surface area contributed by atoms with Crippen LogP contribution in [0.4, 0.5) is 0 Å². The van der Waals surface area contributed by atoms with Gasteiger partial charge in [-0.25, -0.2) is 0 Å². The van der Waals surface area contributed by atoms with Gasteiger partial charge in [-0.2, -0.15) is 0 Å². The molecule has 1 saturated carbocycles. The van der Waals surface area contributed by atoms with Crippen molar-refractivity contribution in [3.8, 4) is 0 Å². The van der Waals surface area contributed by atoms with Crippen LogP contribution in [-0.2, 0) is 0 Å². The lowest BCUT2D eigenvalue weighted by Crippen LogP contribution is -2.16. The Hall–Kier alpha value is 0. The zero-order valence-corrected chi connectivity index (χ0v) is 11.0. The van der Waals surface area contributed by atoms with Crippen LogP contribution < -0.4 is 0 Å². The summed E-state index contributed by atoms with van der Waals surface area (Å²) in [4.78, 5) is 0. The first-order chi connectivity index (χ1) is 7.33. The summed E-state index contributed by atoms with van der Waals surface area (Å²) in [6.07, 6.45) is 17.8. The highest BCUT2D eigenvalue weighted by Crippen LogP contribution is 2.46. The minimum atomic E-state index is 0.796. The van der Waals surface area contributed by atoms with Gasteiger partial charge in [0.05, 0.1) is 0 Å². The Morgan fingerprint density at radius 2 is 1.20 bits per heavy atom. The van der Waals surface area contributed by atoms with E-state index in [1.807, 2.05) is 0 Å². The van der Waals surface area contributed by atoms with Crippen molar-refractivity contribution in [3.05, 3.63) is 0 Å². The summed E-state index contributed by atoms with van der Waals surface area (Å²) in [5.74, 6) is 0. The van der Waals surface area contributed by atoms with Crippen LogP contribution in [0.1, 0.15) is 90.9 Å². The van der Waals surface area contributed by atoms with Crippen LogP contribution in [0, 0.1) is 5.41 Å². The number of rotatable bonds is 8. The Morgan fingerprint density at radius 3 is 1.60 bits per heavy atom. The van der Waals surface area contributed by atoms with Crippen LogP contribution >= 0.6 is 0 Å². The fraction of sp³-hybridized carbons (Fsp3) is 1.00. The molecule has 1 fully saturated rings. The third-order valence-electron chi connectivity index (χ3n) is 4.29. The quantitative estimate of drug-likeness (QED) is 0.450. The van der Waals surface area contributed by atoms with Crippen molar-refractivity contribution in [2.75, 3.05) is 0 Å². The summed E-state index contributed by atoms with van der Waals surface area (Å²) >= 11 is 0. The molecule has 0 spiro atoms. The molecule has 1 aliphatic rings. The zero-order chi connectivity index (χ0) is 11.0. The van der Waals surface area contributed by atoms with Gasteiger partial charge in [0.2, 0.25) is 0 Å². The van der Waals surface area contributed by atoms with Crippen molar-refractivity contribution in [2.45, 2.75) is 90.9 Å². The van der Waals surface area contributed by atoms with Crippen LogP contribution in [0.2, 0.25) is 0 Å². The molecule has 0 unspecified atom stereocenters. The highest BCUT2D eigenvalue weighted by atomic mass is 14.4. The summed E-state index contributed by atoms with van der Waals surface area (Å²) in [7, 11) is 0. The highest BCUT2D eigenvalue weighted by molar-refractivity contribution is 4.84. The third-order valence-corrected chi connectivity index (χ3v) is 4.29. The number of hydrogen-bond acceptors (Lipinski definition) is 0. The second-order valence-electron chi connectivity index (χ2n) is 5.62. The van der Waals surface area contributed by atoms with Crippen LogP contribution in [0.5, 0.6) is 0 Å². The molecule has 0 saturated heterocycles. The number of unbranched alkanes of at least 4 members (excludes halogenated alkanes) is 4. The molecule has 0 heterocycles. The molecule has 0 aromatic heterocycles. The largest absolute Gasteiger partial charge is 0.0654 e. The lowest BCUT2D eigenvalue weighted by atomic mass is 9.76. The van der Waals surface area contributed by atoms with Crippen LogP contribution in [0.15, 0.2) is 0 Å². The monoisotopic (exact) mass is 210 g/mol. The van der Waals surface area contributed by atoms with Gasteiger partial charge in [-0.3, -0.25) is 0 Å². The Labute approximate surface area is 96.8 Å². The Morgan fingerprint density at radius 1 is 0.733 bits per heavy atom. The van der Waals surface area contributed by atoms with E-state index in [0.29, 0.717) is 0 Å². The molecule has 1 rings (SSSR count). The van der Waals surface area contributed by atoms with E-state index >= 15 is 0 Å². The van der Waals surface area contributed by atoms with E-state index < -0.39 is 0 Å². The van der Waals surface area contributed by atoms with E-state index in [1.54, 1.807) is 12.8 Å². The molecular weight excluding hydrogens is 180 g/mol. The Kier molecular flexibility index (Phi) is 6.36. The highest BCUT2D eigenvalue weighted by Gasteiger charge is 2.32. The van der Waals surface area contributed by atoms with Gasteiger partial charge in [-0.1, -0.05) is 65.2 Å². The van der Waals surface area contributed by atoms with Gasteiger partial charge in [0.1, 0.15) is 0 Å². The third kappa shape index (κ3) is 4.57. The fourth-order valence-electron chi connectivity index (χ4n) is 3.25. The predicted octanol–water partition coefficient (Wildman–Crippen LogP) is 5.71. The minimum absolute atomic E-state index is 0.796. The Balaban J connectivity index is 2.26. The first-order valence-corrected chi connectivity index (χ1v) is 7.33. The molecule has 15 heavy (non-hydrogen) atoms. The summed E-state index contributed by atoms with van der Waals surface area (Å²) in [5, 5.41) is 0. The summed E-state index contributed by atoms with van der Waals surface area (Å²) in [6.45, 7) is 4.64. The standard InChI is InChI=1S/C15H30/c1-3-5-7-11-15(12-8-6-4-2)13-9-10-14-15/h3-14H2,1-2H3. The van der Waals surface area contributed by atoms with Gasteiger partial charge >= 0.3 is 0 Å². The van der Waals surface area contributed by atoms with Crippen molar-refractivity contribution in [2.24, 2.45) is 5.41 Å². The molecule has 0 aromatic rings. The van der Waals surface area contributed by atoms with Crippen molar-refractivity contribution >= 4 is 0 Å². The first-order valence-electron chi connectivity index (χ1n) is 7.33. The molecule has 1 aliphatic carbocycles. The average Bonchev–Trinajstić information content (AvgIpc) is 2.68. The molecule has 0 nitrogen and oxygen atoms in total. The molecular formula is C15H30. The second kappa shape index (κ2) is 7.30. The van der Waals surface area contributed by atoms with Crippen molar-refractivity contribution in [1.82, 2.24) is 0 Å². The van der Waals surface area contributed by atoms with Gasteiger partial charge in [-0.05, 0) is 31.1 Å². The summed E-state index contributed by atoms with van der Waals surface area (Å²) < 4.78 is 0. The topological polar surface area (TPSA) is 0 Å². The number of hydrogen-bond donors (Lipinski definition) is 0. The summed E-state index contributed by atoms with van der Waals surface area (Å²) in [6, 6.07) is 0. The SMILES string of the molecule is CCCCCC1(CCCCC)CCCC1. The van der Waals surface area contributed by atoms with Crippen molar-refractivity contribution < 1.29 is 0 Å². The van der Waals surface area contributed by atoms with E-state index in [-0.39, 0.29) is 0 Å². The van der Waals surface area contributed by atoms with Crippen LogP contribution in [0.3, 0.4) is 0 Å². The van der Waals surface area contributed by atoms with Gasteiger partial charge in [0.25, 0.3) is 0 Å². The molecule has 0 heteroatoms. The van der Waals surface area contributed by atoms with Crippen molar-refractivity contribution in [3.63, 3.8) is 0 Å². The van der Waals surface area contributed by atoms with E-state index in [2.05, 4.69) is 13.8 Å². The zero-order valence-electron chi connectivity index (χ0n) is 11.0. The van der Waals surface area contributed by atoms with Gasteiger partial charge in [0.15, 0.2) is 0 Å². The van der Waals surface area contributed by atoms with Crippen molar-refractivity contribution in [1.29, 1.82) is 0 Å². The minimum Gasteiger partial charge on any atom is -0.0654 e. The Bertz CT molecular complexity index is 130. The normalized spacial score (nSPS) is 19.6. The van der Waals surface area contributed by atoms with Gasteiger partial charge in [0, 0.05) is 0 Å². The van der Waals surface area contributed by atoms with Crippen LogP contribution in [0.25, 0.3) is 0 Å². The maximum atomic E-state index is 2.32. The van der Waals surface area contributed by atoms with E-state index in [9.17, 15) is 0 Å². The molecule has 0 atom stereocenters. The van der Waals surface area contributed by atoms with Gasteiger partial charge in [-0.15, -0.1) is 0 Å². The maximum absolute atomic E-state index is 2.32. The molecule has 0 aromatic carbocycles. The van der Waals surface area contributed by atoms with E-state index in [1.165, 1.54) is 64.2 Å². The molecule has 0 aliphatic heterocycles. The summed E-state index contributed by atoms with van der Waals surface area (Å²) in [5.41, 5.74) is 0.796. The van der Waals surface area contributed by atoms with Gasteiger partial charge < -0.3 is 0 Å². The molecule has 0 N–H and O–H groups in total.